The van der Waals surface area contributed by atoms with Crippen LogP contribution in [0.1, 0.15) is 79.7 Å². The number of hydrogen-bond acceptors (Lipinski definition) is 3. The summed E-state index contributed by atoms with van der Waals surface area (Å²) >= 11 is 0. The minimum atomic E-state index is -0.126. The van der Waals surface area contributed by atoms with Crippen molar-refractivity contribution in [1.29, 1.82) is 0 Å². The van der Waals surface area contributed by atoms with Gasteiger partial charge in [-0.05, 0) is 95.4 Å². The topological polar surface area (TPSA) is 27.7 Å². The molecule has 6 aliphatic carbocycles. The van der Waals surface area contributed by atoms with Crippen LogP contribution in [0.3, 0.4) is 0 Å². The highest BCUT2D eigenvalue weighted by Crippen LogP contribution is 2.69. The number of benzene rings is 1. The Morgan fingerprint density at radius 1 is 0.919 bits per heavy atom. The third kappa shape index (κ3) is 4.63. The SMILES string of the molecule is C=C[C@H](OCc1ccc(OC)cc1)[C@H](C)OB([C@H]1C[C@H]2C[C@@H]([C@@H]1C)C2(C)C)[C@H]1C[C@H]2C[C@@H]([C@@H]1C)C2(C)C. The summed E-state index contributed by atoms with van der Waals surface area (Å²) in [6.45, 7) is 22.3. The first kappa shape index (κ1) is 27.3. The van der Waals surface area contributed by atoms with E-state index in [-0.39, 0.29) is 12.2 Å². The average molecular weight is 507 g/mol. The van der Waals surface area contributed by atoms with Crippen LogP contribution in [0.15, 0.2) is 36.9 Å². The summed E-state index contributed by atoms with van der Waals surface area (Å²) < 4.78 is 18.9. The van der Waals surface area contributed by atoms with Gasteiger partial charge in [0.15, 0.2) is 0 Å². The van der Waals surface area contributed by atoms with Crippen LogP contribution in [-0.4, -0.2) is 26.2 Å². The largest absolute Gasteiger partial charge is 0.497 e. The van der Waals surface area contributed by atoms with Gasteiger partial charge in [-0.3, -0.25) is 0 Å². The second-order valence-corrected chi connectivity index (χ2v) is 14.4. The second kappa shape index (κ2) is 10.0. The molecule has 4 heteroatoms. The molecule has 1 aromatic carbocycles. The lowest BCUT2D eigenvalue weighted by molar-refractivity contribution is -0.113. The van der Waals surface area contributed by atoms with Gasteiger partial charge in [0.25, 0.3) is 6.92 Å². The van der Waals surface area contributed by atoms with E-state index >= 15 is 0 Å². The van der Waals surface area contributed by atoms with Crippen molar-refractivity contribution in [1.82, 2.24) is 0 Å². The lowest BCUT2D eigenvalue weighted by atomic mass is 9.27. The molecule has 0 amide bonds. The van der Waals surface area contributed by atoms with E-state index in [0.29, 0.717) is 36.0 Å². The normalized spacial score (nSPS) is 38.5. The van der Waals surface area contributed by atoms with Gasteiger partial charge in [-0.1, -0.05) is 72.6 Å². The molecular formula is C33H51BO3. The number of fused-ring (bicyclic) bond motifs is 4. The summed E-state index contributed by atoms with van der Waals surface area (Å²) in [4.78, 5) is 0. The van der Waals surface area contributed by atoms with Crippen LogP contribution in [0.5, 0.6) is 5.75 Å². The van der Waals surface area contributed by atoms with Crippen molar-refractivity contribution in [3.05, 3.63) is 42.5 Å². The minimum Gasteiger partial charge on any atom is -0.497 e. The van der Waals surface area contributed by atoms with Crippen LogP contribution in [0.25, 0.3) is 0 Å². The molecule has 0 aliphatic heterocycles. The molecule has 0 heterocycles. The van der Waals surface area contributed by atoms with Crippen LogP contribution in [-0.2, 0) is 16.0 Å². The Morgan fingerprint density at radius 3 is 1.84 bits per heavy atom. The summed E-state index contributed by atoms with van der Waals surface area (Å²) in [5, 5.41) is 0. The predicted octanol–water partition coefficient (Wildman–Crippen LogP) is 8.31. The van der Waals surface area contributed by atoms with Crippen LogP contribution < -0.4 is 4.74 Å². The number of methoxy groups -OCH3 is 1. The monoisotopic (exact) mass is 506 g/mol. The molecule has 10 atom stereocenters. The molecule has 6 fully saturated rings. The first-order chi connectivity index (χ1) is 17.5. The van der Waals surface area contributed by atoms with E-state index in [1.165, 1.54) is 25.7 Å². The Hall–Kier alpha value is -1.26. The van der Waals surface area contributed by atoms with Gasteiger partial charge in [0, 0.05) is 0 Å². The quantitative estimate of drug-likeness (QED) is 0.236. The van der Waals surface area contributed by atoms with Crippen LogP contribution >= 0.6 is 0 Å². The summed E-state index contributed by atoms with van der Waals surface area (Å²) in [5.74, 6) is 7.00. The molecule has 0 saturated heterocycles. The minimum absolute atomic E-state index is 0.0160. The van der Waals surface area contributed by atoms with E-state index in [4.69, 9.17) is 14.1 Å². The van der Waals surface area contributed by atoms with E-state index in [1.54, 1.807) is 7.11 Å². The van der Waals surface area contributed by atoms with Gasteiger partial charge >= 0.3 is 0 Å². The lowest BCUT2D eigenvalue weighted by Gasteiger charge is -2.66. The van der Waals surface area contributed by atoms with Gasteiger partial charge in [-0.2, -0.15) is 0 Å². The van der Waals surface area contributed by atoms with Gasteiger partial charge < -0.3 is 14.1 Å². The van der Waals surface area contributed by atoms with Gasteiger partial charge in [0.05, 0.1) is 25.9 Å². The zero-order valence-corrected chi connectivity index (χ0v) is 24.7. The smallest absolute Gasteiger partial charge is 0.300 e. The van der Waals surface area contributed by atoms with E-state index in [1.807, 2.05) is 18.2 Å². The van der Waals surface area contributed by atoms with E-state index < -0.39 is 0 Å². The highest BCUT2D eigenvalue weighted by molar-refractivity contribution is 6.55. The summed E-state index contributed by atoms with van der Waals surface area (Å²) in [6.07, 6.45) is 7.31. The molecule has 0 N–H and O–H groups in total. The summed E-state index contributed by atoms with van der Waals surface area (Å²) in [7, 11) is 1.70. The first-order valence-corrected chi connectivity index (χ1v) is 15.0. The van der Waals surface area contributed by atoms with Crippen molar-refractivity contribution in [3.63, 3.8) is 0 Å². The summed E-state index contributed by atoms with van der Waals surface area (Å²) in [6, 6.07) is 8.13. The fourth-order valence-electron chi connectivity index (χ4n) is 9.40. The molecule has 0 spiro atoms. The zero-order valence-electron chi connectivity index (χ0n) is 24.7. The maximum absolute atomic E-state index is 7.21. The van der Waals surface area contributed by atoms with Crippen molar-refractivity contribution < 1.29 is 14.1 Å². The van der Waals surface area contributed by atoms with Crippen molar-refractivity contribution in [2.24, 2.45) is 46.3 Å². The lowest BCUT2D eigenvalue weighted by Crippen LogP contribution is -2.60. The maximum Gasteiger partial charge on any atom is 0.300 e. The van der Waals surface area contributed by atoms with Gasteiger partial charge in [0.1, 0.15) is 5.75 Å². The van der Waals surface area contributed by atoms with E-state index in [0.717, 1.165) is 46.8 Å². The van der Waals surface area contributed by atoms with Crippen LogP contribution in [0, 0.1) is 46.3 Å². The molecule has 4 bridgehead atoms. The third-order valence-electron chi connectivity index (χ3n) is 12.3. The first-order valence-electron chi connectivity index (χ1n) is 15.0. The molecular weight excluding hydrogens is 455 g/mol. The molecule has 37 heavy (non-hydrogen) atoms. The van der Waals surface area contributed by atoms with Gasteiger partial charge in [-0.15, -0.1) is 6.58 Å². The average Bonchev–Trinajstić information content (AvgIpc) is 2.87. The Labute approximate surface area is 227 Å². The predicted molar refractivity (Wildman–Crippen MR) is 154 cm³/mol. The Kier molecular flexibility index (Phi) is 7.42. The highest BCUT2D eigenvalue weighted by Gasteiger charge is 2.63. The third-order valence-corrected chi connectivity index (χ3v) is 12.3. The highest BCUT2D eigenvalue weighted by atomic mass is 16.5. The standard InChI is InChI=1S/C33H51BO3/c1-10-31(36-19-23-11-13-26(35-9)14-12-23)22(4)37-34(29-17-24-15-27(20(29)2)32(24,5)6)30-18-25-16-28(21(30)3)33(25,7)8/h10-14,20-22,24-25,27-31H,1,15-19H2,2-9H3/t20-,21-,22-,24+,25+,27-,28-,29-,30-,31-/m0/s1. The zero-order chi connectivity index (χ0) is 26.7. The Morgan fingerprint density at radius 2 is 1.43 bits per heavy atom. The number of rotatable bonds is 10. The molecule has 3 nitrogen and oxygen atoms in total. The van der Waals surface area contributed by atoms with Crippen molar-refractivity contribution in [2.45, 2.75) is 105 Å². The molecule has 0 unspecified atom stereocenters. The molecule has 1 aromatic rings. The maximum atomic E-state index is 7.21. The molecule has 0 aromatic heterocycles. The van der Waals surface area contributed by atoms with Crippen molar-refractivity contribution in [3.8, 4) is 5.75 Å². The van der Waals surface area contributed by atoms with Crippen molar-refractivity contribution >= 4 is 6.92 Å². The molecule has 204 valence electrons. The van der Waals surface area contributed by atoms with E-state index in [9.17, 15) is 0 Å². The van der Waals surface area contributed by atoms with Gasteiger partial charge in [-0.25, -0.2) is 0 Å². The van der Waals surface area contributed by atoms with E-state index in [2.05, 4.69) is 67.2 Å². The van der Waals surface area contributed by atoms with Crippen LogP contribution in [0.2, 0.25) is 11.6 Å². The Balaban J connectivity index is 1.32. The fourth-order valence-corrected chi connectivity index (χ4v) is 9.40. The second-order valence-electron chi connectivity index (χ2n) is 14.4. The molecule has 6 saturated carbocycles. The Bertz CT molecular complexity index is 913. The van der Waals surface area contributed by atoms with Crippen LogP contribution in [0.4, 0.5) is 0 Å². The summed E-state index contributed by atoms with van der Waals surface area (Å²) in [5.41, 5.74) is 2.14. The fraction of sp³-hybridized carbons (Fsp3) is 0.758. The molecule has 0 radical (unpaired) electrons. The number of ether oxygens (including phenoxy) is 2. The van der Waals surface area contributed by atoms with Gasteiger partial charge in [0.2, 0.25) is 0 Å². The molecule has 6 aliphatic rings. The van der Waals surface area contributed by atoms with Crippen molar-refractivity contribution in [2.75, 3.05) is 7.11 Å². The molecule has 7 rings (SSSR count). The number of hydrogen-bond donors (Lipinski definition) is 0.